The Hall–Kier alpha value is 1.25. The third-order valence-corrected chi connectivity index (χ3v) is 0. The maximum Gasteiger partial charge on any atom is 1.00 e. The maximum absolute atomic E-state index is 8.64. The van der Waals surface area contributed by atoms with Gasteiger partial charge in [0.05, 0.1) is 0 Å². The number of hydrogen-bond acceptors (Lipinski definition) is 3. The summed E-state index contributed by atoms with van der Waals surface area (Å²) < 4.78 is 0. The SMILES string of the molecule is [N-]=[N+]=[N-].[Na+].[Na+].[O-]B(O)O. The fourth-order valence-corrected chi connectivity index (χ4v) is 0. The van der Waals surface area contributed by atoms with Crippen LogP contribution in [0.15, 0.2) is 0 Å². The van der Waals surface area contributed by atoms with Gasteiger partial charge < -0.3 is 26.1 Å². The fourth-order valence-electron chi connectivity index (χ4n) is 0. The molecule has 0 spiro atoms. The minimum atomic E-state index is -2.42. The van der Waals surface area contributed by atoms with Crippen molar-refractivity contribution >= 4 is 7.32 Å². The summed E-state index contributed by atoms with van der Waals surface area (Å²) in [5, 5.41) is 22.8. The van der Waals surface area contributed by atoms with E-state index in [2.05, 4.69) is 0 Å². The molecule has 2 N–H and O–H groups in total. The van der Waals surface area contributed by atoms with Crippen molar-refractivity contribution in [1.29, 1.82) is 0 Å². The van der Waals surface area contributed by atoms with Gasteiger partial charge in [-0.15, -0.1) is 0 Å². The van der Waals surface area contributed by atoms with Gasteiger partial charge in [0.25, 0.3) is 0 Å². The molecule has 0 saturated heterocycles. The van der Waals surface area contributed by atoms with Gasteiger partial charge in [0.2, 0.25) is 0 Å². The van der Waals surface area contributed by atoms with Crippen LogP contribution in [-0.2, 0) is 0 Å². The first-order valence-corrected chi connectivity index (χ1v) is 1.15. The van der Waals surface area contributed by atoms with E-state index in [1.807, 2.05) is 0 Å². The van der Waals surface area contributed by atoms with Crippen LogP contribution in [-0.4, -0.2) is 17.4 Å². The van der Waals surface area contributed by atoms with Crippen LogP contribution in [0.2, 0.25) is 0 Å². The first-order valence-electron chi connectivity index (χ1n) is 1.15. The Bertz CT molecular complexity index is 59.3. The second-order valence-electron chi connectivity index (χ2n) is 0.416. The standard InChI is InChI=1S/BH2O3.N3.2Na/c2-1(3)4;1-3-2;;/h2-3H;;;/q2*-1;2*+1. The van der Waals surface area contributed by atoms with Crippen molar-refractivity contribution in [2.75, 3.05) is 0 Å². The minimum Gasteiger partial charge on any atom is -0.832 e. The smallest absolute Gasteiger partial charge is 0.832 e. The molecule has 9 heavy (non-hydrogen) atoms. The van der Waals surface area contributed by atoms with Gasteiger partial charge in [0, 0.05) is 0 Å². The van der Waals surface area contributed by atoms with Crippen molar-refractivity contribution in [3.63, 3.8) is 0 Å². The number of nitrogens with zero attached hydrogens (tertiary/aromatic N) is 3. The molecule has 0 radical (unpaired) electrons. The van der Waals surface area contributed by atoms with Crippen molar-refractivity contribution in [2.45, 2.75) is 0 Å². The van der Waals surface area contributed by atoms with E-state index >= 15 is 0 Å². The zero-order valence-electron chi connectivity index (χ0n) is 5.22. The Labute approximate surface area is 96.4 Å². The first kappa shape index (κ1) is 22.5. The third kappa shape index (κ3) is 309. The quantitative estimate of drug-likeness (QED) is 0.154. The van der Waals surface area contributed by atoms with Crippen LogP contribution in [0.3, 0.4) is 0 Å². The van der Waals surface area contributed by atoms with Crippen LogP contribution in [0.4, 0.5) is 0 Å². The van der Waals surface area contributed by atoms with E-state index in [1.165, 1.54) is 4.91 Å². The Kier molecular flexibility index (Phi) is 57.0. The summed E-state index contributed by atoms with van der Waals surface area (Å²) in [4.78, 5) is 1.50. The van der Waals surface area contributed by atoms with E-state index in [0.29, 0.717) is 0 Å². The van der Waals surface area contributed by atoms with Gasteiger partial charge in [0.1, 0.15) is 0 Å². The summed E-state index contributed by atoms with van der Waals surface area (Å²) in [6, 6.07) is 0. The predicted molar refractivity (Wildman–Crippen MR) is 20.3 cm³/mol. The average Bonchev–Trinajstić information content (AvgIpc) is 1.33. The summed E-state index contributed by atoms with van der Waals surface area (Å²) in [7, 11) is -2.42. The fraction of sp³-hybridized carbons (Fsp3) is 0. The van der Waals surface area contributed by atoms with Crippen LogP contribution >= 0.6 is 0 Å². The molecular weight excluding hydrogens is 147 g/mol. The van der Waals surface area contributed by atoms with Crippen LogP contribution in [0.5, 0.6) is 0 Å². The average molecular weight is 149 g/mol. The van der Waals surface area contributed by atoms with Gasteiger partial charge in [0.15, 0.2) is 0 Å². The molecule has 0 aromatic carbocycles. The summed E-state index contributed by atoms with van der Waals surface area (Å²) in [6.07, 6.45) is 0. The van der Waals surface area contributed by atoms with Crippen LogP contribution in [0.25, 0.3) is 16.0 Å². The normalized spacial score (nSPS) is 3.89. The Morgan fingerprint density at radius 2 is 1.22 bits per heavy atom. The molecule has 0 saturated carbocycles. The maximum atomic E-state index is 8.64. The third-order valence-electron chi connectivity index (χ3n) is 0. The molecule has 6 nitrogen and oxygen atoms in total. The summed E-state index contributed by atoms with van der Waals surface area (Å²) in [6.45, 7) is 0. The molecule has 0 aliphatic carbocycles. The van der Waals surface area contributed by atoms with Gasteiger partial charge in [-0.1, -0.05) is 0 Å². The second kappa shape index (κ2) is 22.8. The molecule has 0 aromatic rings. The molecule has 0 heterocycles. The van der Waals surface area contributed by atoms with Crippen molar-refractivity contribution < 1.29 is 74.2 Å². The van der Waals surface area contributed by atoms with Crippen LogP contribution < -0.4 is 64.1 Å². The van der Waals surface area contributed by atoms with Crippen molar-refractivity contribution in [2.24, 2.45) is 0 Å². The van der Waals surface area contributed by atoms with Crippen LogP contribution in [0, 0.1) is 0 Å². The Morgan fingerprint density at radius 1 is 1.22 bits per heavy atom. The topological polar surface area (TPSA) is 122 Å². The van der Waals surface area contributed by atoms with Crippen molar-refractivity contribution in [3.05, 3.63) is 16.0 Å². The van der Waals surface area contributed by atoms with Gasteiger partial charge in [-0.25, -0.2) is 0 Å². The molecule has 0 rings (SSSR count). The van der Waals surface area contributed by atoms with Crippen LogP contribution in [0.1, 0.15) is 0 Å². The zero-order chi connectivity index (χ0) is 6.28. The largest absolute Gasteiger partial charge is 1.00 e. The van der Waals surface area contributed by atoms with E-state index in [9.17, 15) is 0 Å². The van der Waals surface area contributed by atoms with Crippen molar-refractivity contribution in [3.8, 4) is 0 Å². The molecule has 0 aliphatic heterocycles. The van der Waals surface area contributed by atoms with E-state index in [0.717, 1.165) is 0 Å². The second-order valence-corrected chi connectivity index (χ2v) is 0.416. The number of hydrogen-bond donors (Lipinski definition) is 2. The molecule has 0 aromatic heterocycles. The summed E-state index contributed by atoms with van der Waals surface area (Å²) in [5.74, 6) is 0. The molecule has 0 aliphatic rings. The predicted octanol–water partition coefficient (Wildman–Crippen LogP) is -7.81. The molecule has 0 atom stereocenters. The monoisotopic (exact) mass is 149 g/mol. The van der Waals surface area contributed by atoms with Gasteiger partial charge >= 0.3 is 66.4 Å². The van der Waals surface area contributed by atoms with E-state index in [1.54, 1.807) is 0 Å². The first-order chi connectivity index (χ1) is 3.15. The van der Waals surface area contributed by atoms with Crippen molar-refractivity contribution in [1.82, 2.24) is 0 Å². The number of rotatable bonds is 0. The van der Waals surface area contributed by atoms with E-state index in [-0.39, 0.29) is 59.1 Å². The van der Waals surface area contributed by atoms with Gasteiger partial charge in [-0.3, -0.25) is 4.91 Å². The molecular formula is H2BN3Na2O3. The molecule has 40 valence electrons. The molecule has 0 amide bonds. The molecule has 0 unspecified atom stereocenters. The van der Waals surface area contributed by atoms with Gasteiger partial charge in [-0.05, 0) is 0 Å². The molecule has 0 fully saturated rings. The molecule has 9 heteroatoms. The van der Waals surface area contributed by atoms with E-state index < -0.39 is 7.32 Å². The van der Waals surface area contributed by atoms with Gasteiger partial charge in [-0.2, -0.15) is 0 Å². The molecule has 0 bridgehead atoms. The Balaban J connectivity index is -0.0000000233. The summed E-state index contributed by atoms with van der Waals surface area (Å²) in [5.41, 5.74) is 13.5. The zero-order valence-corrected chi connectivity index (χ0v) is 9.22. The van der Waals surface area contributed by atoms with E-state index in [4.69, 9.17) is 26.1 Å². The minimum absolute atomic E-state index is 0. The Morgan fingerprint density at radius 3 is 1.22 bits per heavy atom. The summed E-state index contributed by atoms with van der Waals surface area (Å²) >= 11 is 0.